The second-order valence-corrected chi connectivity index (χ2v) is 3.84. The summed E-state index contributed by atoms with van der Waals surface area (Å²) in [6.45, 7) is 0. The number of rotatable bonds is 2. The SMILES string of the molecule is O=C(O)c1cc2nccc(-c3ccncc3)c2[nH]1. The summed E-state index contributed by atoms with van der Waals surface area (Å²) in [7, 11) is 0. The molecular formula is C13H9N3O2. The van der Waals surface area contributed by atoms with E-state index in [-0.39, 0.29) is 5.69 Å². The molecule has 3 aromatic heterocycles. The fourth-order valence-electron chi connectivity index (χ4n) is 1.91. The van der Waals surface area contributed by atoms with E-state index < -0.39 is 5.97 Å². The van der Waals surface area contributed by atoms with Gasteiger partial charge in [0.25, 0.3) is 0 Å². The van der Waals surface area contributed by atoms with Gasteiger partial charge in [0.15, 0.2) is 0 Å². The van der Waals surface area contributed by atoms with Crippen LogP contribution in [0.5, 0.6) is 0 Å². The highest BCUT2D eigenvalue weighted by Gasteiger charge is 2.11. The molecule has 0 unspecified atom stereocenters. The van der Waals surface area contributed by atoms with E-state index in [1.54, 1.807) is 18.6 Å². The highest BCUT2D eigenvalue weighted by atomic mass is 16.4. The number of fused-ring (bicyclic) bond motifs is 1. The zero-order valence-electron chi connectivity index (χ0n) is 9.29. The Balaban J connectivity index is 2.27. The van der Waals surface area contributed by atoms with Crippen molar-refractivity contribution in [3.05, 3.63) is 48.5 Å². The minimum atomic E-state index is -0.992. The van der Waals surface area contributed by atoms with Gasteiger partial charge in [0, 0.05) is 24.2 Å². The van der Waals surface area contributed by atoms with E-state index in [4.69, 9.17) is 5.11 Å². The number of aromatic nitrogens is 3. The first-order valence-electron chi connectivity index (χ1n) is 5.37. The lowest BCUT2D eigenvalue weighted by Crippen LogP contribution is -1.95. The van der Waals surface area contributed by atoms with Gasteiger partial charge in [-0.3, -0.25) is 9.97 Å². The lowest BCUT2D eigenvalue weighted by atomic mass is 10.1. The third-order valence-corrected chi connectivity index (χ3v) is 2.74. The van der Waals surface area contributed by atoms with E-state index in [0.29, 0.717) is 5.52 Å². The predicted molar refractivity (Wildman–Crippen MR) is 66.3 cm³/mol. The first-order valence-corrected chi connectivity index (χ1v) is 5.37. The second-order valence-electron chi connectivity index (χ2n) is 3.84. The lowest BCUT2D eigenvalue weighted by Gasteiger charge is -2.01. The predicted octanol–water partition coefficient (Wildman–Crippen LogP) is 2.32. The van der Waals surface area contributed by atoms with Crippen molar-refractivity contribution >= 4 is 17.0 Å². The number of carboxylic acids is 1. The van der Waals surface area contributed by atoms with Gasteiger partial charge in [0.1, 0.15) is 5.69 Å². The van der Waals surface area contributed by atoms with Crippen LogP contribution in [0, 0.1) is 0 Å². The van der Waals surface area contributed by atoms with Crippen molar-refractivity contribution in [1.29, 1.82) is 0 Å². The molecule has 0 fully saturated rings. The summed E-state index contributed by atoms with van der Waals surface area (Å²) in [6.07, 6.45) is 5.06. The Kier molecular flexibility index (Phi) is 2.30. The molecule has 0 aromatic carbocycles. The molecule has 18 heavy (non-hydrogen) atoms. The minimum absolute atomic E-state index is 0.138. The van der Waals surface area contributed by atoms with Crippen molar-refractivity contribution in [2.45, 2.75) is 0 Å². The molecule has 3 rings (SSSR count). The van der Waals surface area contributed by atoms with Gasteiger partial charge >= 0.3 is 5.97 Å². The van der Waals surface area contributed by atoms with Crippen LogP contribution < -0.4 is 0 Å². The van der Waals surface area contributed by atoms with Crippen molar-refractivity contribution in [3.63, 3.8) is 0 Å². The van der Waals surface area contributed by atoms with Crippen molar-refractivity contribution in [2.24, 2.45) is 0 Å². The van der Waals surface area contributed by atoms with Gasteiger partial charge in [-0.2, -0.15) is 0 Å². The van der Waals surface area contributed by atoms with Gasteiger partial charge in [-0.25, -0.2) is 4.79 Å². The quantitative estimate of drug-likeness (QED) is 0.719. The Morgan fingerprint density at radius 1 is 1.17 bits per heavy atom. The van der Waals surface area contributed by atoms with E-state index in [1.807, 2.05) is 18.2 Å². The van der Waals surface area contributed by atoms with Crippen LogP contribution in [-0.4, -0.2) is 26.0 Å². The number of carbonyl (C=O) groups is 1. The summed E-state index contributed by atoms with van der Waals surface area (Å²) in [6, 6.07) is 7.12. The molecule has 2 N–H and O–H groups in total. The van der Waals surface area contributed by atoms with Crippen LogP contribution in [-0.2, 0) is 0 Å². The number of aromatic carboxylic acids is 1. The first kappa shape index (κ1) is 10.5. The summed E-state index contributed by atoms with van der Waals surface area (Å²) >= 11 is 0. The molecule has 88 valence electrons. The van der Waals surface area contributed by atoms with Crippen molar-refractivity contribution in [2.75, 3.05) is 0 Å². The summed E-state index contributed by atoms with van der Waals surface area (Å²) < 4.78 is 0. The van der Waals surface area contributed by atoms with Crippen molar-refractivity contribution < 1.29 is 9.90 Å². The summed E-state index contributed by atoms with van der Waals surface area (Å²) in [5, 5.41) is 8.98. The number of nitrogens with one attached hydrogen (secondary N) is 1. The normalized spacial score (nSPS) is 10.7. The molecule has 0 saturated heterocycles. The molecule has 0 saturated carbocycles. The maximum absolute atomic E-state index is 10.9. The smallest absolute Gasteiger partial charge is 0.352 e. The highest BCUT2D eigenvalue weighted by Crippen LogP contribution is 2.26. The van der Waals surface area contributed by atoms with Gasteiger partial charge in [-0.05, 0) is 29.8 Å². The molecule has 5 nitrogen and oxygen atoms in total. The summed E-state index contributed by atoms with van der Waals surface area (Å²) in [5.74, 6) is -0.992. The zero-order valence-corrected chi connectivity index (χ0v) is 9.29. The number of aromatic amines is 1. The molecule has 0 aliphatic carbocycles. The highest BCUT2D eigenvalue weighted by molar-refractivity contribution is 5.98. The Hall–Kier alpha value is -2.69. The van der Waals surface area contributed by atoms with Crippen LogP contribution in [0.25, 0.3) is 22.2 Å². The fourth-order valence-corrected chi connectivity index (χ4v) is 1.91. The number of pyridine rings is 2. The van der Waals surface area contributed by atoms with Crippen molar-refractivity contribution in [3.8, 4) is 11.1 Å². The molecule has 3 heterocycles. The van der Waals surface area contributed by atoms with E-state index in [2.05, 4.69) is 15.0 Å². The van der Waals surface area contributed by atoms with Crippen LogP contribution >= 0.6 is 0 Å². The second kappa shape index (κ2) is 3.96. The third-order valence-electron chi connectivity index (χ3n) is 2.74. The first-order chi connectivity index (χ1) is 8.75. The molecule has 0 spiro atoms. The molecule has 0 amide bonds. The van der Waals surface area contributed by atoms with Gasteiger partial charge < -0.3 is 10.1 Å². The summed E-state index contributed by atoms with van der Waals surface area (Å²) in [5.41, 5.74) is 3.38. The van der Waals surface area contributed by atoms with Crippen LogP contribution in [0.1, 0.15) is 10.5 Å². The molecule has 5 heteroatoms. The Morgan fingerprint density at radius 2 is 1.94 bits per heavy atom. The molecule has 0 aliphatic heterocycles. The van der Waals surface area contributed by atoms with E-state index in [0.717, 1.165) is 16.6 Å². The number of H-pyrrole nitrogens is 1. The van der Waals surface area contributed by atoms with Gasteiger partial charge in [0.05, 0.1) is 11.0 Å². The number of carboxylic acid groups (broad SMARTS) is 1. The van der Waals surface area contributed by atoms with Gasteiger partial charge in [-0.15, -0.1) is 0 Å². The average Bonchev–Trinajstić information content (AvgIpc) is 2.83. The van der Waals surface area contributed by atoms with Gasteiger partial charge in [-0.1, -0.05) is 0 Å². The number of hydrogen-bond acceptors (Lipinski definition) is 3. The van der Waals surface area contributed by atoms with Crippen LogP contribution in [0.3, 0.4) is 0 Å². The fraction of sp³-hybridized carbons (Fsp3) is 0. The third kappa shape index (κ3) is 1.62. The standard InChI is InChI=1S/C13H9N3O2/c17-13(18)11-7-10-12(16-11)9(3-6-15-10)8-1-4-14-5-2-8/h1-7,16H,(H,17,18). The maximum Gasteiger partial charge on any atom is 0.352 e. The van der Waals surface area contributed by atoms with Gasteiger partial charge in [0.2, 0.25) is 0 Å². The van der Waals surface area contributed by atoms with Crippen LogP contribution in [0.15, 0.2) is 42.9 Å². The van der Waals surface area contributed by atoms with E-state index in [1.165, 1.54) is 6.07 Å². The Morgan fingerprint density at radius 3 is 2.67 bits per heavy atom. The topological polar surface area (TPSA) is 78.9 Å². The Bertz CT molecular complexity index is 719. The average molecular weight is 239 g/mol. The van der Waals surface area contributed by atoms with Crippen molar-refractivity contribution in [1.82, 2.24) is 15.0 Å². The number of hydrogen-bond donors (Lipinski definition) is 2. The molecule has 0 atom stereocenters. The molecule has 3 aromatic rings. The van der Waals surface area contributed by atoms with E-state index in [9.17, 15) is 4.79 Å². The molecular weight excluding hydrogens is 230 g/mol. The number of nitrogens with zero attached hydrogens (tertiary/aromatic N) is 2. The zero-order chi connectivity index (χ0) is 12.5. The monoisotopic (exact) mass is 239 g/mol. The van der Waals surface area contributed by atoms with E-state index >= 15 is 0 Å². The van der Waals surface area contributed by atoms with Crippen LogP contribution in [0.2, 0.25) is 0 Å². The van der Waals surface area contributed by atoms with Crippen LogP contribution in [0.4, 0.5) is 0 Å². The molecule has 0 radical (unpaired) electrons. The Labute approximate surface area is 102 Å². The summed E-state index contributed by atoms with van der Waals surface area (Å²) in [4.78, 5) is 22.0. The lowest BCUT2D eigenvalue weighted by molar-refractivity contribution is 0.0691. The minimum Gasteiger partial charge on any atom is -0.477 e. The largest absolute Gasteiger partial charge is 0.477 e. The molecule has 0 bridgehead atoms. The molecule has 0 aliphatic rings. The maximum atomic E-state index is 10.9.